The molecule has 0 amide bonds. The summed E-state index contributed by atoms with van der Waals surface area (Å²) in [7, 11) is 0. The third-order valence-electron chi connectivity index (χ3n) is 6.20. The Balaban J connectivity index is 1.38. The zero-order chi connectivity index (χ0) is 23.5. The highest BCUT2D eigenvalue weighted by Crippen LogP contribution is 2.29. The number of hydrogen-bond donors (Lipinski definition) is 0. The first-order valence-electron chi connectivity index (χ1n) is 11.5. The van der Waals surface area contributed by atoms with Gasteiger partial charge in [0.05, 0.1) is 11.9 Å². The lowest BCUT2D eigenvalue weighted by molar-refractivity contribution is 0.0957. The highest BCUT2D eigenvalue weighted by atomic mass is 32.2. The third kappa shape index (κ3) is 4.56. The molecule has 1 fully saturated rings. The Labute approximate surface area is 203 Å². The predicted molar refractivity (Wildman–Crippen MR) is 133 cm³/mol. The van der Waals surface area contributed by atoms with Crippen molar-refractivity contribution in [3.05, 3.63) is 77.9 Å². The fourth-order valence-corrected chi connectivity index (χ4v) is 5.26. The van der Waals surface area contributed by atoms with Crippen LogP contribution in [0.4, 0.5) is 0 Å². The second-order valence-corrected chi connectivity index (χ2v) is 9.40. The number of carbonyl (C=O) groups is 1. The molecule has 4 aromatic rings. The fourth-order valence-electron chi connectivity index (χ4n) is 4.43. The van der Waals surface area contributed by atoms with Gasteiger partial charge in [-0.2, -0.15) is 0 Å². The van der Waals surface area contributed by atoms with E-state index in [2.05, 4.69) is 26.7 Å². The van der Waals surface area contributed by atoms with Gasteiger partial charge >= 0.3 is 0 Å². The van der Waals surface area contributed by atoms with Crippen LogP contribution in [0.1, 0.15) is 34.6 Å². The van der Waals surface area contributed by atoms with E-state index >= 15 is 0 Å². The van der Waals surface area contributed by atoms with Crippen molar-refractivity contribution in [2.45, 2.75) is 44.5 Å². The van der Waals surface area contributed by atoms with Gasteiger partial charge in [0.25, 0.3) is 0 Å². The number of hydrogen-bond acceptors (Lipinski definition) is 6. The van der Waals surface area contributed by atoms with Gasteiger partial charge in [0.2, 0.25) is 0 Å². The second-order valence-electron chi connectivity index (χ2n) is 8.46. The number of para-hydroxylation sites is 1. The van der Waals surface area contributed by atoms with Crippen molar-refractivity contribution in [1.29, 1.82) is 0 Å². The molecule has 1 saturated heterocycles. The molecule has 174 valence electrons. The molecule has 0 radical (unpaired) electrons. The molecule has 0 N–H and O–H groups in total. The molecule has 1 aliphatic heterocycles. The smallest absolute Gasteiger partial charge is 0.196 e. The van der Waals surface area contributed by atoms with E-state index in [9.17, 15) is 4.79 Å². The molecule has 5 rings (SSSR count). The number of nitrogens with zero attached hydrogens (tertiary/aromatic N) is 5. The molecule has 4 heterocycles. The number of aryl methyl sites for hydroxylation is 1. The summed E-state index contributed by atoms with van der Waals surface area (Å²) in [6.45, 7) is 5.71. The molecule has 1 aliphatic rings. The van der Waals surface area contributed by atoms with Crippen molar-refractivity contribution in [3.63, 3.8) is 0 Å². The topological polar surface area (TPSA) is 74.8 Å². The minimum Gasteiger partial charge on any atom is -0.376 e. The molecule has 0 aliphatic carbocycles. The van der Waals surface area contributed by atoms with Crippen molar-refractivity contribution >= 4 is 17.5 Å². The van der Waals surface area contributed by atoms with Gasteiger partial charge in [0, 0.05) is 53.7 Å². The summed E-state index contributed by atoms with van der Waals surface area (Å²) in [5.41, 5.74) is 4.73. The van der Waals surface area contributed by atoms with Crippen molar-refractivity contribution in [1.82, 2.24) is 24.3 Å². The molecule has 0 spiro atoms. The maximum Gasteiger partial charge on any atom is 0.196 e. The highest BCUT2D eigenvalue weighted by molar-refractivity contribution is 7.99. The number of Topliss-reactive ketones (excluding diaryl/α,β-unsaturated/α-hetero) is 1. The van der Waals surface area contributed by atoms with Crippen LogP contribution in [0.2, 0.25) is 0 Å². The van der Waals surface area contributed by atoms with Crippen LogP contribution in [0.25, 0.3) is 17.1 Å². The van der Waals surface area contributed by atoms with E-state index in [-0.39, 0.29) is 17.6 Å². The largest absolute Gasteiger partial charge is 0.376 e. The number of aromatic nitrogens is 5. The zero-order valence-corrected chi connectivity index (χ0v) is 20.2. The first-order chi connectivity index (χ1) is 16.6. The summed E-state index contributed by atoms with van der Waals surface area (Å²) >= 11 is 1.41. The summed E-state index contributed by atoms with van der Waals surface area (Å²) in [5, 5.41) is 9.55. The number of rotatable bonds is 8. The van der Waals surface area contributed by atoms with E-state index in [0.717, 1.165) is 60.0 Å². The third-order valence-corrected chi connectivity index (χ3v) is 7.13. The summed E-state index contributed by atoms with van der Waals surface area (Å²) in [4.78, 5) is 17.3. The van der Waals surface area contributed by atoms with E-state index < -0.39 is 0 Å². The second kappa shape index (κ2) is 9.95. The monoisotopic (exact) mass is 473 g/mol. The van der Waals surface area contributed by atoms with Crippen LogP contribution in [0.15, 0.2) is 66.1 Å². The van der Waals surface area contributed by atoms with E-state index in [4.69, 9.17) is 4.74 Å². The van der Waals surface area contributed by atoms with Crippen LogP contribution in [0.3, 0.4) is 0 Å². The normalized spacial score (nSPS) is 15.6. The summed E-state index contributed by atoms with van der Waals surface area (Å²) in [6.07, 6.45) is 5.89. The van der Waals surface area contributed by atoms with Crippen LogP contribution in [-0.2, 0) is 11.3 Å². The quantitative estimate of drug-likeness (QED) is 0.268. The van der Waals surface area contributed by atoms with Gasteiger partial charge < -0.3 is 9.30 Å². The number of ketones is 1. The van der Waals surface area contributed by atoms with Gasteiger partial charge in [-0.05, 0) is 57.0 Å². The molecule has 0 saturated carbocycles. The van der Waals surface area contributed by atoms with E-state index in [1.54, 1.807) is 12.4 Å². The highest BCUT2D eigenvalue weighted by Gasteiger charge is 2.22. The van der Waals surface area contributed by atoms with Crippen molar-refractivity contribution < 1.29 is 9.53 Å². The van der Waals surface area contributed by atoms with Crippen molar-refractivity contribution in [2.24, 2.45) is 0 Å². The van der Waals surface area contributed by atoms with Crippen molar-refractivity contribution in [2.75, 3.05) is 12.4 Å². The fraction of sp³-hybridized carbons (Fsp3) is 0.308. The zero-order valence-electron chi connectivity index (χ0n) is 19.3. The van der Waals surface area contributed by atoms with E-state index in [1.807, 2.05) is 60.0 Å². The van der Waals surface area contributed by atoms with Crippen LogP contribution < -0.4 is 0 Å². The molecule has 1 aromatic carbocycles. The first-order valence-corrected chi connectivity index (χ1v) is 12.5. The molecule has 8 heteroatoms. The van der Waals surface area contributed by atoms with E-state index in [1.165, 1.54) is 11.8 Å². The predicted octanol–water partition coefficient (Wildman–Crippen LogP) is 4.90. The number of benzene rings is 1. The molecule has 34 heavy (non-hydrogen) atoms. The average molecular weight is 474 g/mol. The van der Waals surface area contributed by atoms with Crippen molar-refractivity contribution in [3.8, 4) is 17.1 Å². The maximum atomic E-state index is 13.2. The minimum atomic E-state index is 0.0877. The van der Waals surface area contributed by atoms with Gasteiger partial charge in [-0.15, -0.1) is 10.2 Å². The molecule has 0 unspecified atom stereocenters. The standard InChI is InChI=1S/C26H27N5O2S/c1-18-15-23(19(2)30(18)16-22-9-6-14-33-22)24(32)17-34-26-29-28-25(20-10-12-27-13-11-20)31(26)21-7-4-3-5-8-21/h3-5,7-8,10-13,15,22H,6,9,14,16-17H2,1-2H3/t22-/m1/s1. The summed E-state index contributed by atoms with van der Waals surface area (Å²) in [6, 6.07) is 15.8. The van der Waals surface area contributed by atoms with Crippen LogP contribution in [-0.4, -0.2) is 48.6 Å². The molecule has 7 nitrogen and oxygen atoms in total. The van der Waals surface area contributed by atoms with Crippen LogP contribution in [0.5, 0.6) is 0 Å². The first kappa shape index (κ1) is 22.6. The Morgan fingerprint density at radius 1 is 1.12 bits per heavy atom. The average Bonchev–Trinajstić information content (AvgIpc) is 3.60. The summed E-state index contributed by atoms with van der Waals surface area (Å²) < 4.78 is 10.0. The number of thioether (sulfide) groups is 1. The number of pyridine rings is 1. The Morgan fingerprint density at radius 3 is 2.65 bits per heavy atom. The molecular formula is C26H27N5O2S. The molecule has 1 atom stereocenters. The Hall–Kier alpha value is -3.23. The minimum absolute atomic E-state index is 0.0877. The van der Waals surface area contributed by atoms with Crippen LogP contribution >= 0.6 is 11.8 Å². The maximum absolute atomic E-state index is 13.2. The Kier molecular flexibility index (Phi) is 6.60. The summed E-state index contributed by atoms with van der Waals surface area (Å²) in [5.74, 6) is 1.09. The number of ether oxygens (including phenoxy) is 1. The lowest BCUT2D eigenvalue weighted by Crippen LogP contribution is -2.17. The van der Waals surface area contributed by atoms with E-state index in [0.29, 0.717) is 5.16 Å². The lowest BCUT2D eigenvalue weighted by atomic mass is 10.2. The van der Waals surface area contributed by atoms with Gasteiger partial charge in [0.1, 0.15) is 0 Å². The lowest BCUT2D eigenvalue weighted by Gasteiger charge is -2.14. The Morgan fingerprint density at radius 2 is 1.91 bits per heavy atom. The van der Waals surface area contributed by atoms with Gasteiger partial charge in [-0.1, -0.05) is 30.0 Å². The number of carbonyl (C=O) groups excluding carboxylic acids is 1. The van der Waals surface area contributed by atoms with Gasteiger partial charge in [-0.25, -0.2) is 0 Å². The molecule has 3 aromatic heterocycles. The van der Waals surface area contributed by atoms with Crippen LogP contribution in [0, 0.1) is 13.8 Å². The Bertz CT molecular complexity index is 1280. The SMILES string of the molecule is Cc1cc(C(=O)CSc2nnc(-c3ccncc3)n2-c2ccccc2)c(C)n1C[C@H]1CCCO1. The molecular weight excluding hydrogens is 446 g/mol. The van der Waals surface area contributed by atoms with Gasteiger partial charge in [0.15, 0.2) is 16.8 Å². The molecule has 0 bridgehead atoms. The van der Waals surface area contributed by atoms with Gasteiger partial charge in [-0.3, -0.25) is 14.3 Å².